The number of carbonyl (C=O) groups is 1. The second kappa shape index (κ2) is 13.3. The van der Waals surface area contributed by atoms with Crippen LogP contribution in [0.15, 0.2) is 47.6 Å². The first-order chi connectivity index (χ1) is 15.0. The van der Waals surface area contributed by atoms with E-state index in [0.717, 1.165) is 57.6 Å². The lowest BCUT2D eigenvalue weighted by atomic mass is 10.1. The predicted molar refractivity (Wildman–Crippen MR) is 129 cm³/mol. The first-order valence-corrected chi connectivity index (χ1v) is 11.9. The van der Waals surface area contributed by atoms with E-state index in [-0.39, 0.29) is 11.9 Å². The normalized spacial score (nSPS) is 16.7. The maximum absolute atomic E-state index is 12.6. The summed E-state index contributed by atoms with van der Waals surface area (Å²) in [5, 5.41) is 7.75. The highest BCUT2D eigenvalue weighted by Crippen LogP contribution is 2.16. The van der Waals surface area contributed by atoms with Gasteiger partial charge in [-0.3, -0.25) is 4.79 Å². The van der Waals surface area contributed by atoms with Crippen molar-refractivity contribution in [1.82, 2.24) is 15.3 Å². The monoisotopic (exact) mass is 427 g/mol. The molecule has 1 aliphatic rings. The average Bonchev–Trinajstić information content (AvgIpc) is 3.20. The average molecular weight is 428 g/mol. The Bertz CT molecular complexity index is 728. The van der Waals surface area contributed by atoms with Gasteiger partial charge in [0.2, 0.25) is 0 Å². The SMILES string of the molecule is CCC(C)=CCCC(=CCOc1ccc(C(=O)NC2CN(CC)N(CC)C2)cc1)CC. The highest BCUT2D eigenvalue weighted by atomic mass is 16.5. The molecule has 0 aromatic heterocycles. The molecular weight excluding hydrogens is 386 g/mol. The van der Waals surface area contributed by atoms with Crippen LogP contribution in [0.4, 0.5) is 0 Å². The molecule has 2 rings (SSSR count). The third-order valence-corrected chi connectivity index (χ3v) is 6.04. The minimum Gasteiger partial charge on any atom is -0.490 e. The summed E-state index contributed by atoms with van der Waals surface area (Å²) in [6.45, 7) is 15.1. The van der Waals surface area contributed by atoms with E-state index in [1.165, 1.54) is 11.1 Å². The number of nitrogens with one attached hydrogen (secondary N) is 1. The van der Waals surface area contributed by atoms with Gasteiger partial charge in [-0.15, -0.1) is 0 Å². The predicted octanol–water partition coefficient (Wildman–Crippen LogP) is 5.21. The van der Waals surface area contributed by atoms with Crippen molar-refractivity contribution in [2.75, 3.05) is 32.8 Å². The molecule has 1 amide bonds. The number of allylic oxidation sites excluding steroid dienone is 3. The molecular formula is C26H41N3O2. The number of likely N-dealkylation sites (N-methyl/N-ethyl adjacent to an activating group) is 2. The molecule has 31 heavy (non-hydrogen) atoms. The molecule has 1 N–H and O–H groups in total. The van der Waals surface area contributed by atoms with Gasteiger partial charge in [-0.25, -0.2) is 10.0 Å². The lowest BCUT2D eigenvalue weighted by Gasteiger charge is -2.24. The molecule has 1 aromatic rings. The Hall–Kier alpha value is -2.11. The summed E-state index contributed by atoms with van der Waals surface area (Å²) < 4.78 is 5.88. The number of hydrazine groups is 1. The maximum Gasteiger partial charge on any atom is 0.251 e. The number of rotatable bonds is 12. The van der Waals surface area contributed by atoms with Crippen molar-refractivity contribution >= 4 is 5.91 Å². The highest BCUT2D eigenvalue weighted by molar-refractivity contribution is 5.94. The Morgan fingerprint density at radius 3 is 2.23 bits per heavy atom. The molecule has 172 valence electrons. The van der Waals surface area contributed by atoms with Crippen molar-refractivity contribution in [3.63, 3.8) is 0 Å². The van der Waals surface area contributed by atoms with E-state index >= 15 is 0 Å². The number of hydrogen-bond acceptors (Lipinski definition) is 4. The maximum atomic E-state index is 12.6. The Morgan fingerprint density at radius 1 is 1.03 bits per heavy atom. The zero-order valence-corrected chi connectivity index (χ0v) is 20.1. The largest absolute Gasteiger partial charge is 0.490 e. The number of ether oxygens (including phenoxy) is 1. The first-order valence-electron chi connectivity index (χ1n) is 11.9. The molecule has 1 fully saturated rings. The van der Waals surface area contributed by atoms with Crippen LogP contribution in [0.3, 0.4) is 0 Å². The lowest BCUT2D eigenvalue weighted by Crippen LogP contribution is -2.38. The van der Waals surface area contributed by atoms with Gasteiger partial charge in [0.15, 0.2) is 0 Å². The van der Waals surface area contributed by atoms with Crippen LogP contribution in [-0.2, 0) is 0 Å². The summed E-state index contributed by atoms with van der Waals surface area (Å²) in [6, 6.07) is 7.62. The lowest BCUT2D eigenvalue weighted by molar-refractivity contribution is 0.0388. The number of nitrogens with zero attached hydrogens (tertiary/aromatic N) is 2. The van der Waals surface area contributed by atoms with E-state index in [1.54, 1.807) is 0 Å². The van der Waals surface area contributed by atoms with Crippen molar-refractivity contribution in [3.8, 4) is 5.75 Å². The van der Waals surface area contributed by atoms with E-state index in [0.29, 0.717) is 12.2 Å². The molecule has 5 nitrogen and oxygen atoms in total. The minimum atomic E-state index is -0.0193. The zero-order chi connectivity index (χ0) is 22.6. The fraction of sp³-hybridized carbons (Fsp3) is 0.577. The summed E-state index contributed by atoms with van der Waals surface area (Å²) in [5.74, 6) is 0.773. The fourth-order valence-electron chi connectivity index (χ4n) is 3.85. The Labute approximate surface area is 189 Å². The molecule has 1 heterocycles. The highest BCUT2D eigenvalue weighted by Gasteiger charge is 2.28. The topological polar surface area (TPSA) is 44.8 Å². The van der Waals surface area contributed by atoms with E-state index < -0.39 is 0 Å². The summed E-state index contributed by atoms with van der Waals surface area (Å²) in [5.41, 5.74) is 3.55. The Kier molecular flexibility index (Phi) is 10.8. The van der Waals surface area contributed by atoms with Gasteiger partial charge < -0.3 is 10.1 Å². The molecule has 1 saturated heterocycles. The molecule has 0 saturated carbocycles. The van der Waals surface area contributed by atoms with Crippen LogP contribution in [0.5, 0.6) is 5.75 Å². The summed E-state index contributed by atoms with van der Waals surface area (Å²) in [7, 11) is 0. The fourth-order valence-corrected chi connectivity index (χ4v) is 3.85. The second-order valence-corrected chi connectivity index (χ2v) is 8.17. The number of benzene rings is 1. The van der Waals surface area contributed by atoms with Gasteiger partial charge in [0.05, 0.1) is 6.04 Å². The molecule has 1 aliphatic heterocycles. The van der Waals surface area contributed by atoms with Gasteiger partial charge >= 0.3 is 0 Å². The quantitative estimate of drug-likeness (QED) is 0.465. The van der Waals surface area contributed by atoms with Crippen LogP contribution in [0.2, 0.25) is 0 Å². The van der Waals surface area contributed by atoms with Gasteiger partial charge in [-0.1, -0.05) is 44.9 Å². The third kappa shape index (κ3) is 8.15. The number of hydrogen-bond donors (Lipinski definition) is 1. The van der Waals surface area contributed by atoms with Crippen molar-refractivity contribution < 1.29 is 9.53 Å². The third-order valence-electron chi connectivity index (χ3n) is 6.04. The van der Waals surface area contributed by atoms with E-state index in [2.05, 4.69) is 62.1 Å². The second-order valence-electron chi connectivity index (χ2n) is 8.17. The summed E-state index contributed by atoms with van der Waals surface area (Å²) in [4.78, 5) is 12.6. The van der Waals surface area contributed by atoms with Gasteiger partial charge in [-0.2, -0.15) is 0 Å². The number of carbonyl (C=O) groups excluding carboxylic acids is 1. The molecule has 0 radical (unpaired) electrons. The molecule has 5 heteroatoms. The van der Waals surface area contributed by atoms with E-state index in [1.807, 2.05) is 24.3 Å². The van der Waals surface area contributed by atoms with Crippen LogP contribution in [0.1, 0.15) is 70.7 Å². The van der Waals surface area contributed by atoms with E-state index in [9.17, 15) is 4.79 Å². The van der Waals surface area contributed by atoms with Gasteiger partial charge in [-0.05, 0) is 62.9 Å². The van der Waals surface area contributed by atoms with Crippen molar-refractivity contribution in [1.29, 1.82) is 0 Å². The zero-order valence-electron chi connectivity index (χ0n) is 20.1. The van der Waals surface area contributed by atoms with E-state index in [4.69, 9.17) is 4.74 Å². The molecule has 0 spiro atoms. The minimum absolute atomic E-state index is 0.0193. The van der Waals surface area contributed by atoms with Gasteiger partial charge in [0.25, 0.3) is 5.91 Å². The Balaban J connectivity index is 1.81. The molecule has 0 atom stereocenters. The summed E-state index contributed by atoms with van der Waals surface area (Å²) in [6.07, 6.45) is 8.87. The first kappa shape index (κ1) is 25.2. The molecule has 1 aromatic carbocycles. The van der Waals surface area contributed by atoms with Crippen LogP contribution in [-0.4, -0.2) is 54.8 Å². The number of amides is 1. The van der Waals surface area contributed by atoms with Gasteiger partial charge in [0.1, 0.15) is 12.4 Å². The van der Waals surface area contributed by atoms with Crippen molar-refractivity contribution in [3.05, 3.63) is 53.1 Å². The van der Waals surface area contributed by atoms with Crippen molar-refractivity contribution in [2.24, 2.45) is 0 Å². The van der Waals surface area contributed by atoms with Crippen LogP contribution >= 0.6 is 0 Å². The van der Waals surface area contributed by atoms with Crippen LogP contribution < -0.4 is 10.1 Å². The van der Waals surface area contributed by atoms with Crippen molar-refractivity contribution in [2.45, 2.75) is 66.3 Å². The Morgan fingerprint density at radius 2 is 1.68 bits per heavy atom. The molecule has 0 unspecified atom stereocenters. The smallest absolute Gasteiger partial charge is 0.251 e. The standard InChI is InChI=1S/C26H41N3O2/c1-6-21(5)11-10-12-22(7-2)17-18-31-25-15-13-23(14-16-25)26(30)27-24-19-28(8-3)29(9-4)20-24/h11,13-17,24H,6-10,12,18-20H2,1-5H3,(H,27,30). The summed E-state index contributed by atoms with van der Waals surface area (Å²) >= 11 is 0. The molecule has 0 aliphatic carbocycles. The van der Waals surface area contributed by atoms with Crippen LogP contribution in [0.25, 0.3) is 0 Å². The van der Waals surface area contributed by atoms with Crippen LogP contribution in [0, 0.1) is 0 Å². The van der Waals surface area contributed by atoms with Gasteiger partial charge in [0, 0.05) is 31.7 Å². The molecule has 0 bridgehead atoms.